The summed E-state index contributed by atoms with van der Waals surface area (Å²) in [4.78, 5) is 2.87. The van der Waals surface area contributed by atoms with Crippen LogP contribution in [-0.4, -0.2) is 19.7 Å². The number of nitrogens with one attached hydrogen (secondary N) is 1. The Morgan fingerprint density at radius 2 is 2.07 bits per heavy atom. The molecule has 5 heteroatoms. The van der Waals surface area contributed by atoms with Crippen molar-refractivity contribution in [3.8, 4) is 0 Å². The van der Waals surface area contributed by atoms with E-state index in [2.05, 4.69) is 4.98 Å². The highest BCUT2D eigenvalue weighted by molar-refractivity contribution is 7.89. The van der Waals surface area contributed by atoms with Gasteiger partial charge in [0.2, 0.25) is 0 Å². The van der Waals surface area contributed by atoms with Crippen molar-refractivity contribution in [3.05, 3.63) is 35.8 Å². The van der Waals surface area contributed by atoms with Gasteiger partial charge in [-0.3, -0.25) is 0 Å². The van der Waals surface area contributed by atoms with Gasteiger partial charge in [-0.1, -0.05) is 0 Å². The number of H-pyrrole nitrogens is 1. The molecule has 80 valence electrons. The van der Waals surface area contributed by atoms with Crippen LogP contribution in [-0.2, 0) is 15.6 Å². The first-order chi connectivity index (χ1) is 6.94. The summed E-state index contributed by atoms with van der Waals surface area (Å²) in [5.41, 5.74) is 1.20. The van der Waals surface area contributed by atoms with Crippen molar-refractivity contribution in [1.82, 2.24) is 4.98 Å². The van der Waals surface area contributed by atoms with Gasteiger partial charge >= 0.3 is 0 Å². The van der Waals surface area contributed by atoms with E-state index in [1.807, 2.05) is 0 Å². The number of aromatic amines is 1. The van der Waals surface area contributed by atoms with Crippen LogP contribution < -0.4 is 0 Å². The minimum Gasteiger partial charge on any atom is -0.357 e. The van der Waals surface area contributed by atoms with Crippen LogP contribution in [0.1, 0.15) is 5.69 Å². The standard InChI is InChI=1S/C10H10FNO2S/c1-15(13,14)6-9-4-7-2-3-8(11)5-10(7)12-9/h2-5,12H,6H2,1H3. The van der Waals surface area contributed by atoms with E-state index in [9.17, 15) is 12.8 Å². The number of benzene rings is 1. The summed E-state index contributed by atoms with van der Waals surface area (Å²) in [6.45, 7) is 0. The number of fused-ring (bicyclic) bond motifs is 1. The second-order valence-corrected chi connectivity index (χ2v) is 5.74. The van der Waals surface area contributed by atoms with Crippen molar-refractivity contribution in [3.63, 3.8) is 0 Å². The molecule has 3 nitrogen and oxygen atoms in total. The quantitative estimate of drug-likeness (QED) is 0.851. The van der Waals surface area contributed by atoms with Gasteiger partial charge in [0.05, 0.1) is 5.75 Å². The lowest BCUT2D eigenvalue weighted by Gasteiger charge is -1.92. The van der Waals surface area contributed by atoms with Gasteiger partial charge in [-0.15, -0.1) is 0 Å². The summed E-state index contributed by atoms with van der Waals surface area (Å²) in [6, 6.07) is 6.03. The number of halogens is 1. The molecule has 0 radical (unpaired) electrons. The van der Waals surface area contributed by atoms with Crippen molar-refractivity contribution in [1.29, 1.82) is 0 Å². The van der Waals surface area contributed by atoms with E-state index in [4.69, 9.17) is 0 Å². The molecular formula is C10H10FNO2S. The Labute approximate surface area is 86.8 Å². The second-order valence-electron chi connectivity index (χ2n) is 3.60. The molecule has 1 N–H and O–H groups in total. The Morgan fingerprint density at radius 1 is 1.33 bits per heavy atom. The second kappa shape index (κ2) is 3.34. The van der Waals surface area contributed by atoms with Crippen molar-refractivity contribution >= 4 is 20.7 Å². The topological polar surface area (TPSA) is 49.9 Å². The van der Waals surface area contributed by atoms with Gasteiger partial charge < -0.3 is 4.98 Å². The Kier molecular flexibility index (Phi) is 2.26. The predicted molar refractivity (Wildman–Crippen MR) is 56.8 cm³/mol. The predicted octanol–water partition coefficient (Wildman–Crippen LogP) is 1.85. The summed E-state index contributed by atoms with van der Waals surface area (Å²) in [6.07, 6.45) is 1.17. The third-order valence-electron chi connectivity index (χ3n) is 2.06. The average molecular weight is 227 g/mol. The molecule has 0 fully saturated rings. The van der Waals surface area contributed by atoms with Gasteiger partial charge in [-0.25, -0.2) is 12.8 Å². The fourth-order valence-corrected chi connectivity index (χ4v) is 2.24. The molecule has 0 saturated carbocycles. The molecule has 1 aromatic carbocycles. The minimum atomic E-state index is -3.06. The van der Waals surface area contributed by atoms with Crippen molar-refractivity contribution in [2.24, 2.45) is 0 Å². The van der Waals surface area contributed by atoms with Crippen molar-refractivity contribution in [2.45, 2.75) is 5.75 Å². The molecule has 15 heavy (non-hydrogen) atoms. The third kappa shape index (κ3) is 2.36. The van der Waals surface area contributed by atoms with Crippen LogP contribution in [0, 0.1) is 5.82 Å². The normalized spacial score (nSPS) is 12.1. The Bertz CT molecular complexity index is 601. The Balaban J connectivity index is 2.48. The molecule has 0 bridgehead atoms. The minimum absolute atomic E-state index is 0.0523. The first-order valence-electron chi connectivity index (χ1n) is 4.39. The fraction of sp³-hybridized carbons (Fsp3) is 0.200. The zero-order valence-corrected chi connectivity index (χ0v) is 8.94. The molecule has 1 aromatic heterocycles. The maximum atomic E-state index is 12.8. The molecule has 0 aliphatic carbocycles. The number of sulfone groups is 1. The van der Waals surface area contributed by atoms with Gasteiger partial charge in [0, 0.05) is 17.5 Å². The Hall–Kier alpha value is -1.36. The summed E-state index contributed by atoms with van der Waals surface area (Å²) >= 11 is 0. The molecule has 0 spiro atoms. The highest BCUT2D eigenvalue weighted by Gasteiger charge is 2.07. The molecule has 2 aromatic rings. The third-order valence-corrected chi connectivity index (χ3v) is 2.89. The van der Waals surface area contributed by atoms with Gasteiger partial charge in [-0.2, -0.15) is 0 Å². The molecule has 2 rings (SSSR count). The molecule has 0 saturated heterocycles. The summed E-state index contributed by atoms with van der Waals surface area (Å²) in [5, 5.41) is 0.815. The molecule has 0 aliphatic heterocycles. The highest BCUT2D eigenvalue weighted by Crippen LogP contribution is 2.17. The molecule has 1 heterocycles. The van der Waals surface area contributed by atoms with Crippen LogP contribution in [0.3, 0.4) is 0 Å². The molecule has 0 atom stereocenters. The first kappa shape index (κ1) is 10.2. The average Bonchev–Trinajstić information content (AvgIpc) is 2.42. The number of hydrogen-bond donors (Lipinski definition) is 1. The van der Waals surface area contributed by atoms with Crippen LogP contribution in [0.4, 0.5) is 4.39 Å². The van der Waals surface area contributed by atoms with Crippen LogP contribution in [0.15, 0.2) is 24.3 Å². The summed E-state index contributed by atoms with van der Waals surface area (Å²) in [7, 11) is -3.06. The lowest BCUT2D eigenvalue weighted by molar-refractivity contribution is 0.600. The first-order valence-corrected chi connectivity index (χ1v) is 6.45. The monoisotopic (exact) mass is 227 g/mol. The summed E-state index contributed by atoms with van der Waals surface area (Å²) < 4.78 is 34.9. The van der Waals surface area contributed by atoms with Crippen LogP contribution in [0.25, 0.3) is 10.9 Å². The molecular weight excluding hydrogens is 217 g/mol. The fourth-order valence-electron chi connectivity index (χ4n) is 1.52. The maximum absolute atomic E-state index is 12.8. The van der Waals surface area contributed by atoms with Crippen molar-refractivity contribution in [2.75, 3.05) is 6.26 Å². The lowest BCUT2D eigenvalue weighted by atomic mass is 10.2. The molecule has 0 aliphatic rings. The van der Waals surface area contributed by atoms with Gasteiger partial charge in [0.25, 0.3) is 0 Å². The molecule has 0 amide bonds. The SMILES string of the molecule is CS(=O)(=O)Cc1cc2ccc(F)cc2[nH]1. The van der Waals surface area contributed by atoms with E-state index in [0.717, 1.165) is 5.39 Å². The number of rotatable bonds is 2. The Morgan fingerprint density at radius 3 is 2.73 bits per heavy atom. The van der Waals surface area contributed by atoms with E-state index < -0.39 is 9.84 Å². The van der Waals surface area contributed by atoms with Crippen LogP contribution >= 0.6 is 0 Å². The maximum Gasteiger partial charge on any atom is 0.153 e. The van der Waals surface area contributed by atoms with E-state index in [1.54, 1.807) is 12.1 Å². The highest BCUT2D eigenvalue weighted by atomic mass is 32.2. The zero-order chi connectivity index (χ0) is 11.1. The van der Waals surface area contributed by atoms with Crippen molar-refractivity contribution < 1.29 is 12.8 Å². The largest absolute Gasteiger partial charge is 0.357 e. The van der Waals surface area contributed by atoms with E-state index in [0.29, 0.717) is 11.2 Å². The van der Waals surface area contributed by atoms with Gasteiger partial charge in [0.1, 0.15) is 5.82 Å². The smallest absolute Gasteiger partial charge is 0.153 e. The van der Waals surface area contributed by atoms with E-state index in [1.165, 1.54) is 18.4 Å². The number of aromatic nitrogens is 1. The van der Waals surface area contributed by atoms with Crippen LogP contribution in [0.5, 0.6) is 0 Å². The van der Waals surface area contributed by atoms with Gasteiger partial charge in [-0.05, 0) is 29.7 Å². The van der Waals surface area contributed by atoms with E-state index >= 15 is 0 Å². The van der Waals surface area contributed by atoms with Crippen LogP contribution in [0.2, 0.25) is 0 Å². The number of hydrogen-bond acceptors (Lipinski definition) is 2. The lowest BCUT2D eigenvalue weighted by Crippen LogP contribution is -2.00. The molecule has 0 unspecified atom stereocenters. The zero-order valence-electron chi connectivity index (χ0n) is 8.12. The van der Waals surface area contributed by atoms with E-state index in [-0.39, 0.29) is 11.6 Å². The van der Waals surface area contributed by atoms with Gasteiger partial charge in [0.15, 0.2) is 9.84 Å². The summed E-state index contributed by atoms with van der Waals surface area (Å²) in [5.74, 6) is -0.390.